The number of benzene rings is 2. The summed E-state index contributed by atoms with van der Waals surface area (Å²) < 4.78 is 5.96. The first-order valence-corrected chi connectivity index (χ1v) is 7.21. The van der Waals surface area contributed by atoms with Crippen LogP contribution in [0.4, 0.5) is 0 Å². The third-order valence-corrected chi connectivity index (χ3v) is 3.39. The second-order valence-electron chi connectivity index (χ2n) is 5.33. The van der Waals surface area contributed by atoms with Gasteiger partial charge in [-0.3, -0.25) is 0 Å². The molecule has 0 aromatic heterocycles. The molecule has 0 saturated carbocycles. The molecule has 2 rings (SSSR count). The minimum Gasteiger partial charge on any atom is -0.486 e. The lowest BCUT2D eigenvalue weighted by molar-refractivity contribution is 0.227. The van der Waals surface area contributed by atoms with E-state index in [1.165, 1.54) is 11.1 Å². The monoisotopic (exact) mass is 269 g/mol. The molecule has 2 N–H and O–H groups in total. The van der Waals surface area contributed by atoms with Gasteiger partial charge in [0, 0.05) is 6.04 Å². The molecule has 2 nitrogen and oxygen atoms in total. The molecule has 0 aliphatic heterocycles. The van der Waals surface area contributed by atoms with Gasteiger partial charge in [-0.1, -0.05) is 42.5 Å². The van der Waals surface area contributed by atoms with Gasteiger partial charge in [0.15, 0.2) is 0 Å². The number of aryl methyl sites for hydroxylation is 1. The first-order valence-electron chi connectivity index (χ1n) is 7.21. The summed E-state index contributed by atoms with van der Waals surface area (Å²) in [5.41, 5.74) is 8.27. The maximum absolute atomic E-state index is 5.96. The van der Waals surface area contributed by atoms with Crippen molar-refractivity contribution in [1.29, 1.82) is 0 Å². The van der Waals surface area contributed by atoms with Crippen LogP contribution in [0.5, 0.6) is 5.75 Å². The molecule has 0 saturated heterocycles. The largest absolute Gasteiger partial charge is 0.486 e. The Hall–Kier alpha value is -1.80. The standard InChI is InChI=1S/C18H23NO/c1-14(19)8-9-16-10-12-18(13-11-16)20-15(2)17-6-4-3-5-7-17/h3-7,10-15H,8-9,19H2,1-2H3. The van der Waals surface area contributed by atoms with Gasteiger partial charge in [0.2, 0.25) is 0 Å². The van der Waals surface area contributed by atoms with E-state index < -0.39 is 0 Å². The van der Waals surface area contributed by atoms with Gasteiger partial charge in [-0.15, -0.1) is 0 Å². The van der Waals surface area contributed by atoms with E-state index in [0.29, 0.717) is 0 Å². The van der Waals surface area contributed by atoms with Crippen molar-refractivity contribution in [3.05, 3.63) is 65.7 Å². The SMILES string of the molecule is CC(N)CCc1ccc(OC(C)c2ccccc2)cc1. The summed E-state index contributed by atoms with van der Waals surface area (Å²) in [5.74, 6) is 0.908. The lowest BCUT2D eigenvalue weighted by Gasteiger charge is -2.15. The maximum Gasteiger partial charge on any atom is 0.121 e. The van der Waals surface area contributed by atoms with Crippen molar-refractivity contribution in [1.82, 2.24) is 0 Å². The Balaban J connectivity index is 1.93. The predicted molar refractivity (Wildman–Crippen MR) is 83.9 cm³/mol. The zero-order chi connectivity index (χ0) is 14.4. The molecule has 0 bridgehead atoms. The van der Waals surface area contributed by atoms with Crippen LogP contribution in [0.2, 0.25) is 0 Å². The molecule has 0 radical (unpaired) electrons. The molecule has 2 atom stereocenters. The molecule has 0 aliphatic carbocycles. The number of hydrogen-bond donors (Lipinski definition) is 1. The number of ether oxygens (including phenoxy) is 1. The number of nitrogens with two attached hydrogens (primary N) is 1. The molecule has 106 valence electrons. The summed E-state index contributed by atoms with van der Waals surface area (Å²) in [6, 6.07) is 18.8. The third-order valence-electron chi connectivity index (χ3n) is 3.39. The van der Waals surface area contributed by atoms with E-state index in [1.807, 2.05) is 37.3 Å². The van der Waals surface area contributed by atoms with Crippen molar-refractivity contribution in [2.45, 2.75) is 38.8 Å². The predicted octanol–water partition coefficient (Wildman–Crippen LogP) is 4.11. The van der Waals surface area contributed by atoms with Crippen molar-refractivity contribution in [2.75, 3.05) is 0 Å². The highest BCUT2D eigenvalue weighted by Crippen LogP contribution is 2.22. The number of hydrogen-bond acceptors (Lipinski definition) is 2. The van der Waals surface area contributed by atoms with Crippen molar-refractivity contribution in [3.8, 4) is 5.75 Å². The fourth-order valence-corrected chi connectivity index (χ4v) is 2.13. The Bertz CT molecular complexity index is 505. The minimum atomic E-state index is 0.0612. The summed E-state index contributed by atoms with van der Waals surface area (Å²) in [6.45, 7) is 4.11. The molecular formula is C18H23NO. The summed E-state index contributed by atoms with van der Waals surface area (Å²) in [6.07, 6.45) is 2.10. The highest BCUT2D eigenvalue weighted by Gasteiger charge is 2.06. The lowest BCUT2D eigenvalue weighted by atomic mass is 10.1. The smallest absolute Gasteiger partial charge is 0.121 e. The molecular weight excluding hydrogens is 246 g/mol. The Labute approximate surface area is 121 Å². The Morgan fingerprint density at radius 3 is 2.20 bits per heavy atom. The van der Waals surface area contributed by atoms with E-state index in [1.54, 1.807) is 0 Å². The van der Waals surface area contributed by atoms with Crippen LogP contribution in [0, 0.1) is 0 Å². The fraction of sp³-hybridized carbons (Fsp3) is 0.333. The van der Waals surface area contributed by atoms with E-state index >= 15 is 0 Å². The summed E-state index contributed by atoms with van der Waals surface area (Å²) in [7, 11) is 0. The van der Waals surface area contributed by atoms with E-state index in [0.717, 1.165) is 18.6 Å². The van der Waals surface area contributed by atoms with Crippen molar-refractivity contribution < 1.29 is 4.74 Å². The molecule has 0 amide bonds. The van der Waals surface area contributed by atoms with E-state index in [-0.39, 0.29) is 12.1 Å². The van der Waals surface area contributed by atoms with Crippen molar-refractivity contribution in [2.24, 2.45) is 5.73 Å². The summed E-state index contributed by atoms with van der Waals surface area (Å²) in [5, 5.41) is 0. The van der Waals surface area contributed by atoms with Crippen LogP contribution in [-0.4, -0.2) is 6.04 Å². The van der Waals surface area contributed by atoms with Gasteiger partial charge in [0.25, 0.3) is 0 Å². The van der Waals surface area contributed by atoms with Gasteiger partial charge >= 0.3 is 0 Å². The number of rotatable bonds is 6. The molecule has 0 fully saturated rings. The van der Waals surface area contributed by atoms with Crippen LogP contribution in [0.25, 0.3) is 0 Å². The van der Waals surface area contributed by atoms with Gasteiger partial charge in [0.1, 0.15) is 11.9 Å². The Kier molecular flexibility index (Phi) is 5.19. The summed E-state index contributed by atoms with van der Waals surface area (Å²) in [4.78, 5) is 0. The average molecular weight is 269 g/mol. The maximum atomic E-state index is 5.96. The molecule has 2 heteroatoms. The molecule has 20 heavy (non-hydrogen) atoms. The first kappa shape index (κ1) is 14.6. The third kappa shape index (κ3) is 4.39. The molecule has 2 aromatic carbocycles. The van der Waals surface area contributed by atoms with Crippen LogP contribution in [0.15, 0.2) is 54.6 Å². The van der Waals surface area contributed by atoms with Crippen LogP contribution in [0.1, 0.15) is 37.5 Å². The molecule has 0 heterocycles. The van der Waals surface area contributed by atoms with E-state index in [9.17, 15) is 0 Å². The second kappa shape index (κ2) is 7.11. The van der Waals surface area contributed by atoms with Crippen molar-refractivity contribution >= 4 is 0 Å². The highest BCUT2D eigenvalue weighted by atomic mass is 16.5. The van der Waals surface area contributed by atoms with E-state index in [4.69, 9.17) is 10.5 Å². The van der Waals surface area contributed by atoms with Crippen LogP contribution in [-0.2, 0) is 6.42 Å². The van der Waals surface area contributed by atoms with Crippen LogP contribution in [0.3, 0.4) is 0 Å². The fourth-order valence-electron chi connectivity index (χ4n) is 2.13. The zero-order valence-corrected chi connectivity index (χ0v) is 12.3. The van der Waals surface area contributed by atoms with Crippen LogP contribution < -0.4 is 10.5 Å². The lowest BCUT2D eigenvalue weighted by Crippen LogP contribution is -2.15. The summed E-state index contributed by atoms with van der Waals surface area (Å²) >= 11 is 0. The molecule has 0 aliphatic rings. The highest BCUT2D eigenvalue weighted by molar-refractivity contribution is 5.28. The Morgan fingerprint density at radius 1 is 0.950 bits per heavy atom. The quantitative estimate of drug-likeness (QED) is 0.856. The van der Waals surface area contributed by atoms with Crippen LogP contribution >= 0.6 is 0 Å². The normalized spacial score (nSPS) is 13.8. The molecule has 2 aromatic rings. The first-order chi connectivity index (χ1) is 9.65. The molecule has 0 spiro atoms. The second-order valence-corrected chi connectivity index (χ2v) is 5.33. The van der Waals surface area contributed by atoms with Gasteiger partial charge in [-0.25, -0.2) is 0 Å². The van der Waals surface area contributed by atoms with Gasteiger partial charge in [-0.05, 0) is 49.9 Å². The zero-order valence-electron chi connectivity index (χ0n) is 12.3. The van der Waals surface area contributed by atoms with Gasteiger partial charge < -0.3 is 10.5 Å². The molecule has 2 unspecified atom stereocenters. The average Bonchev–Trinajstić information content (AvgIpc) is 2.47. The Morgan fingerprint density at radius 2 is 1.60 bits per heavy atom. The topological polar surface area (TPSA) is 35.2 Å². The minimum absolute atomic E-state index is 0.0612. The van der Waals surface area contributed by atoms with Crippen molar-refractivity contribution in [3.63, 3.8) is 0 Å². The van der Waals surface area contributed by atoms with Gasteiger partial charge in [0.05, 0.1) is 0 Å². The van der Waals surface area contributed by atoms with E-state index in [2.05, 4.69) is 31.2 Å². The van der Waals surface area contributed by atoms with Gasteiger partial charge in [-0.2, -0.15) is 0 Å².